The highest BCUT2D eigenvalue weighted by atomic mass is 19.1. The first-order valence-electron chi connectivity index (χ1n) is 5.90. The number of nitrogens with one attached hydrogen (secondary N) is 1. The van der Waals surface area contributed by atoms with E-state index in [2.05, 4.69) is 12.2 Å². The average molecular weight is 238 g/mol. The van der Waals surface area contributed by atoms with Gasteiger partial charge in [0.05, 0.1) is 18.3 Å². The molecule has 3 nitrogen and oxygen atoms in total. The summed E-state index contributed by atoms with van der Waals surface area (Å²) in [6, 6.07) is 4.70. The molecular weight excluding hydrogens is 219 g/mol. The Morgan fingerprint density at radius 1 is 1.53 bits per heavy atom. The lowest BCUT2D eigenvalue weighted by molar-refractivity contribution is 0.193. The SMILES string of the molecule is COc1ccc(F)c(NC2(CN)CC(C)C2)c1. The molecule has 1 saturated carbocycles. The fourth-order valence-electron chi connectivity index (χ4n) is 2.61. The molecule has 0 radical (unpaired) electrons. The van der Waals surface area contributed by atoms with E-state index in [1.54, 1.807) is 19.2 Å². The van der Waals surface area contributed by atoms with Crippen LogP contribution in [0.4, 0.5) is 10.1 Å². The van der Waals surface area contributed by atoms with Gasteiger partial charge in [-0.2, -0.15) is 0 Å². The largest absolute Gasteiger partial charge is 0.497 e. The van der Waals surface area contributed by atoms with Crippen LogP contribution in [0.25, 0.3) is 0 Å². The molecule has 0 atom stereocenters. The van der Waals surface area contributed by atoms with Crippen LogP contribution in [0.3, 0.4) is 0 Å². The molecule has 17 heavy (non-hydrogen) atoms. The zero-order valence-corrected chi connectivity index (χ0v) is 10.3. The molecule has 4 heteroatoms. The molecule has 1 fully saturated rings. The molecule has 1 aromatic rings. The van der Waals surface area contributed by atoms with E-state index in [0.29, 0.717) is 23.9 Å². The van der Waals surface area contributed by atoms with E-state index in [1.165, 1.54) is 6.07 Å². The highest BCUT2D eigenvalue weighted by Gasteiger charge is 2.41. The van der Waals surface area contributed by atoms with Gasteiger partial charge in [0.1, 0.15) is 11.6 Å². The van der Waals surface area contributed by atoms with Crippen molar-refractivity contribution in [2.24, 2.45) is 11.7 Å². The number of methoxy groups -OCH3 is 1. The van der Waals surface area contributed by atoms with Crippen LogP contribution in [-0.4, -0.2) is 19.2 Å². The molecule has 0 bridgehead atoms. The Morgan fingerprint density at radius 2 is 2.24 bits per heavy atom. The van der Waals surface area contributed by atoms with Crippen LogP contribution in [0.1, 0.15) is 19.8 Å². The molecule has 0 aromatic heterocycles. The molecule has 2 rings (SSSR count). The number of nitrogens with two attached hydrogens (primary N) is 1. The number of hydrogen-bond acceptors (Lipinski definition) is 3. The van der Waals surface area contributed by atoms with Gasteiger partial charge in [-0.25, -0.2) is 4.39 Å². The Kier molecular flexibility index (Phi) is 3.24. The fourth-order valence-corrected chi connectivity index (χ4v) is 2.61. The minimum absolute atomic E-state index is 0.146. The summed E-state index contributed by atoms with van der Waals surface area (Å²) in [5.74, 6) is 1.03. The van der Waals surface area contributed by atoms with E-state index in [1.807, 2.05) is 0 Å². The quantitative estimate of drug-likeness (QED) is 0.846. The number of anilines is 1. The molecule has 0 amide bonds. The Balaban J connectivity index is 2.17. The van der Waals surface area contributed by atoms with Gasteiger partial charge in [-0.1, -0.05) is 6.92 Å². The lowest BCUT2D eigenvalue weighted by Crippen LogP contribution is -2.55. The van der Waals surface area contributed by atoms with Crippen molar-refractivity contribution in [3.05, 3.63) is 24.0 Å². The molecule has 0 heterocycles. The Labute approximate surface area is 101 Å². The minimum atomic E-state index is -0.266. The minimum Gasteiger partial charge on any atom is -0.497 e. The van der Waals surface area contributed by atoms with Crippen molar-refractivity contribution in [3.63, 3.8) is 0 Å². The normalized spacial score (nSPS) is 27.4. The van der Waals surface area contributed by atoms with Gasteiger partial charge in [0, 0.05) is 12.6 Å². The second kappa shape index (κ2) is 4.53. The smallest absolute Gasteiger partial charge is 0.146 e. The van der Waals surface area contributed by atoms with E-state index in [-0.39, 0.29) is 11.4 Å². The van der Waals surface area contributed by atoms with Gasteiger partial charge in [-0.05, 0) is 30.9 Å². The highest BCUT2D eigenvalue weighted by molar-refractivity contribution is 5.52. The van der Waals surface area contributed by atoms with Crippen molar-refractivity contribution >= 4 is 5.69 Å². The van der Waals surface area contributed by atoms with Crippen LogP contribution >= 0.6 is 0 Å². The van der Waals surface area contributed by atoms with E-state index >= 15 is 0 Å². The molecule has 94 valence electrons. The number of rotatable bonds is 4. The molecule has 0 unspecified atom stereocenters. The summed E-state index contributed by atoms with van der Waals surface area (Å²) in [5.41, 5.74) is 6.11. The van der Waals surface area contributed by atoms with Gasteiger partial charge in [-0.15, -0.1) is 0 Å². The lowest BCUT2D eigenvalue weighted by atomic mass is 9.69. The lowest BCUT2D eigenvalue weighted by Gasteiger charge is -2.47. The number of benzene rings is 1. The maximum atomic E-state index is 13.7. The number of ether oxygens (including phenoxy) is 1. The average Bonchev–Trinajstić information content (AvgIpc) is 2.29. The van der Waals surface area contributed by atoms with Gasteiger partial charge < -0.3 is 15.8 Å². The third kappa shape index (κ3) is 2.36. The summed E-state index contributed by atoms with van der Waals surface area (Å²) in [6.45, 7) is 2.70. The first kappa shape index (κ1) is 12.2. The first-order chi connectivity index (χ1) is 8.08. The fraction of sp³-hybridized carbons (Fsp3) is 0.538. The van der Waals surface area contributed by atoms with Crippen LogP contribution in [-0.2, 0) is 0 Å². The molecule has 0 aliphatic heterocycles. The maximum Gasteiger partial charge on any atom is 0.146 e. The predicted octanol–water partition coefficient (Wildman–Crippen LogP) is 2.37. The molecular formula is C13H19FN2O. The zero-order valence-electron chi connectivity index (χ0n) is 10.3. The second-order valence-corrected chi connectivity index (χ2v) is 4.97. The summed E-state index contributed by atoms with van der Waals surface area (Å²) >= 11 is 0. The molecule has 0 spiro atoms. The number of hydrogen-bond donors (Lipinski definition) is 2. The number of halogens is 1. The summed E-state index contributed by atoms with van der Waals surface area (Å²) < 4.78 is 18.8. The van der Waals surface area contributed by atoms with E-state index in [0.717, 1.165) is 12.8 Å². The molecule has 1 aliphatic carbocycles. The highest BCUT2D eigenvalue weighted by Crippen LogP contribution is 2.40. The monoisotopic (exact) mass is 238 g/mol. The van der Waals surface area contributed by atoms with Crippen LogP contribution in [0.2, 0.25) is 0 Å². The van der Waals surface area contributed by atoms with Crippen molar-refractivity contribution in [3.8, 4) is 5.75 Å². The van der Waals surface area contributed by atoms with E-state index < -0.39 is 0 Å². The third-order valence-electron chi connectivity index (χ3n) is 3.44. The Hall–Kier alpha value is -1.29. The third-order valence-corrected chi connectivity index (χ3v) is 3.44. The van der Waals surface area contributed by atoms with Gasteiger partial charge >= 0.3 is 0 Å². The molecule has 0 saturated heterocycles. The van der Waals surface area contributed by atoms with Crippen molar-refractivity contribution in [1.82, 2.24) is 0 Å². The summed E-state index contributed by atoms with van der Waals surface area (Å²) in [7, 11) is 1.57. The van der Waals surface area contributed by atoms with Gasteiger partial charge in [0.25, 0.3) is 0 Å². The molecule has 1 aliphatic rings. The summed E-state index contributed by atoms with van der Waals surface area (Å²) in [5, 5.41) is 3.23. The van der Waals surface area contributed by atoms with Crippen LogP contribution in [0.5, 0.6) is 5.75 Å². The maximum absolute atomic E-state index is 13.7. The van der Waals surface area contributed by atoms with Crippen molar-refractivity contribution < 1.29 is 9.13 Å². The Bertz CT molecular complexity index is 402. The predicted molar refractivity (Wildman–Crippen MR) is 66.8 cm³/mol. The topological polar surface area (TPSA) is 47.3 Å². The van der Waals surface area contributed by atoms with Crippen LogP contribution in [0.15, 0.2) is 18.2 Å². The van der Waals surface area contributed by atoms with E-state index in [9.17, 15) is 4.39 Å². The van der Waals surface area contributed by atoms with Crippen molar-refractivity contribution in [1.29, 1.82) is 0 Å². The summed E-state index contributed by atoms with van der Waals surface area (Å²) in [6.07, 6.45) is 1.97. The van der Waals surface area contributed by atoms with Crippen molar-refractivity contribution in [2.75, 3.05) is 19.0 Å². The van der Waals surface area contributed by atoms with Crippen molar-refractivity contribution in [2.45, 2.75) is 25.3 Å². The second-order valence-electron chi connectivity index (χ2n) is 4.97. The molecule has 3 N–H and O–H groups in total. The zero-order chi connectivity index (χ0) is 12.5. The summed E-state index contributed by atoms with van der Waals surface area (Å²) in [4.78, 5) is 0. The van der Waals surface area contributed by atoms with Gasteiger partial charge in [0.2, 0.25) is 0 Å². The Morgan fingerprint density at radius 3 is 2.76 bits per heavy atom. The van der Waals surface area contributed by atoms with Crippen LogP contribution in [0, 0.1) is 11.7 Å². The first-order valence-corrected chi connectivity index (χ1v) is 5.90. The van der Waals surface area contributed by atoms with E-state index in [4.69, 9.17) is 10.5 Å². The molecule has 1 aromatic carbocycles. The van der Waals surface area contributed by atoms with Crippen LogP contribution < -0.4 is 15.8 Å². The van der Waals surface area contributed by atoms with Gasteiger partial charge in [-0.3, -0.25) is 0 Å². The standard InChI is InChI=1S/C13H19FN2O/c1-9-6-13(7-9,8-15)16-12-5-10(17-2)3-4-11(12)14/h3-5,9,16H,6-8,15H2,1-2H3. The van der Waals surface area contributed by atoms with Gasteiger partial charge in [0.15, 0.2) is 0 Å².